The maximum absolute atomic E-state index is 12.8. The Morgan fingerprint density at radius 1 is 1.17 bits per heavy atom. The summed E-state index contributed by atoms with van der Waals surface area (Å²) in [5.41, 5.74) is 1.00. The number of methoxy groups -OCH3 is 1. The molecule has 1 amide bonds. The molecule has 0 unspecified atom stereocenters. The molecule has 30 heavy (non-hydrogen) atoms. The van der Waals surface area contributed by atoms with Gasteiger partial charge in [0.25, 0.3) is 0 Å². The molecule has 0 spiro atoms. The number of hydrogen-bond donors (Lipinski definition) is 1. The first-order valence-corrected chi connectivity index (χ1v) is 10.2. The summed E-state index contributed by atoms with van der Waals surface area (Å²) >= 11 is 0. The predicted octanol–water partition coefficient (Wildman–Crippen LogP) is 1.60. The minimum Gasteiger partial charge on any atom is -0.496 e. The molecule has 1 fully saturated rings. The first-order chi connectivity index (χ1) is 14.7. The molecule has 3 aromatic rings. The molecule has 3 heterocycles. The fraction of sp³-hybridized carbons (Fsp3) is 0.429. The quantitative estimate of drug-likeness (QED) is 0.663. The number of amides is 1. The second kappa shape index (κ2) is 8.98. The van der Waals surface area contributed by atoms with Crippen LogP contribution in [-0.2, 0) is 17.9 Å². The number of rotatable bonds is 6. The highest BCUT2D eigenvalue weighted by Crippen LogP contribution is 2.20. The Bertz CT molecular complexity index is 1080. The normalized spacial score (nSPS) is 14.5. The van der Waals surface area contributed by atoms with Crippen molar-refractivity contribution in [1.29, 1.82) is 0 Å². The number of para-hydroxylation sites is 1. The van der Waals surface area contributed by atoms with Gasteiger partial charge in [-0.2, -0.15) is 0 Å². The van der Waals surface area contributed by atoms with E-state index >= 15 is 0 Å². The van der Waals surface area contributed by atoms with E-state index in [1.165, 1.54) is 21.9 Å². The van der Waals surface area contributed by atoms with Crippen LogP contribution in [0.2, 0.25) is 0 Å². The number of nitrogens with zero attached hydrogens (tertiary/aromatic N) is 5. The van der Waals surface area contributed by atoms with Gasteiger partial charge in [-0.1, -0.05) is 31.0 Å². The SMILES string of the molecule is COc1ccccc1CNC(=O)Cn1nc2c(N3CCCCCC3)nccn2c1=O. The lowest BCUT2D eigenvalue weighted by molar-refractivity contribution is -0.122. The Kier molecular flexibility index (Phi) is 5.97. The van der Waals surface area contributed by atoms with Gasteiger partial charge in [0, 0.05) is 37.6 Å². The molecule has 0 aliphatic carbocycles. The zero-order valence-electron chi connectivity index (χ0n) is 17.1. The van der Waals surface area contributed by atoms with Gasteiger partial charge in [0.15, 0.2) is 5.82 Å². The zero-order chi connectivity index (χ0) is 20.9. The van der Waals surface area contributed by atoms with Crippen molar-refractivity contribution in [2.24, 2.45) is 0 Å². The Morgan fingerprint density at radius 2 is 1.93 bits per heavy atom. The summed E-state index contributed by atoms with van der Waals surface area (Å²) in [7, 11) is 1.59. The van der Waals surface area contributed by atoms with Crippen LogP contribution < -0.4 is 20.6 Å². The van der Waals surface area contributed by atoms with Crippen LogP contribution in [0.3, 0.4) is 0 Å². The summed E-state index contributed by atoms with van der Waals surface area (Å²) in [6.07, 6.45) is 7.80. The molecule has 9 heteroatoms. The number of ether oxygens (including phenoxy) is 1. The average molecular weight is 410 g/mol. The van der Waals surface area contributed by atoms with E-state index in [1.54, 1.807) is 19.5 Å². The van der Waals surface area contributed by atoms with Gasteiger partial charge in [0.05, 0.1) is 7.11 Å². The minimum absolute atomic E-state index is 0.158. The van der Waals surface area contributed by atoms with Crippen molar-refractivity contribution in [3.05, 3.63) is 52.7 Å². The van der Waals surface area contributed by atoms with E-state index in [0.717, 1.165) is 31.5 Å². The van der Waals surface area contributed by atoms with Crippen LogP contribution in [0.25, 0.3) is 5.65 Å². The molecule has 9 nitrogen and oxygen atoms in total. The summed E-state index contributed by atoms with van der Waals surface area (Å²) in [5.74, 6) is 1.11. The highest BCUT2D eigenvalue weighted by atomic mass is 16.5. The number of anilines is 1. The van der Waals surface area contributed by atoms with Gasteiger partial charge in [0.1, 0.15) is 12.3 Å². The van der Waals surface area contributed by atoms with Crippen LogP contribution in [0, 0.1) is 0 Å². The predicted molar refractivity (Wildman–Crippen MR) is 113 cm³/mol. The zero-order valence-corrected chi connectivity index (χ0v) is 17.1. The van der Waals surface area contributed by atoms with E-state index < -0.39 is 0 Å². The highest BCUT2D eigenvalue weighted by molar-refractivity contribution is 5.75. The Morgan fingerprint density at radius 3 is 2.70 bits per heavy atom. The van der Waals surface area contributed by atoms with E-state index in [4.69, 9.17) is 4.74 Å². The molecule has 0 bridgehead atoms. The smallest absolute Gasteiger partial charge is 0.350 e. The van der Waals surface area contributed by atoms with E-state index in [-0.39, 0.29) is 18.1 Å². The molecule has 1 aliphatic heterocycles. The third-order valence-corrected chi connectivity index (χ3v) is 5.35. The van der Waals surface area contributed by atoms with E-state index in [0.29, 0.717) is 23.8 Å². The van der Waals surface area contributed by atoms with Crippen molar-refractivity contribution < 1.29 is 9.53 Å². The molecule has 0 saturated carbocycles. The van der Waals surface area contributed by atoms with Crippen molar-refractivity contribution in [3.8, 4) is 5.75 Å². The van der Waals surface area contributed by atoms with E-state index in [1.807, 2.05) is 24.3 Å². The average Bonchev–Trinajstić information content (AvgIpc) is 2.94. The second-order valence-corrected chi connectivity index (χ2v) is 7.37. The number of carbonyl (C=O) groups is 1. The summed E-state index contributed by atoms with van der Waals surface area (Å²) < 4.78 is 7.95. The van der Waals surface area contributed by atoms with E-state index in [9.17, 15) is 9.59 Å². The van der Waals surface area contributed by atoms with E-state index in [2.05, 4.69) is 20.3 Å². The lowest BCUT2D eigenvalue weighted by atomic mass is 10.2. The second-order valence-electron chi connectivity index (χ2n) is 7.37. The van der Waals surface area contributed by atoms with Crippen LogP contribution in [-0.4, -0.2) is 45.3 Å². The summed E-state index contributed by atoms with van der Waals surface area (Å²) in [5, 5.41) is 7.25. The van der Waals surface area contributed by atoms with Gasteiger partial charge in [-0.25, -0.2) is 18.9 Å². The highest BCUT2D eigenvalue weighted by Gasteiger charge is 2.19. The maximum atomic E-state index is 12.8. The molecular formula is C21H26N6O3. The fourth-order valence-electron chi connectivity index (χ4n) is 3.78. The molecule has 1 aromatic carbocycles. The lowest BCUT2D eigenvalue weighted by Crippen LogP contribution is -2.32. The van der Waals surface area contributed by atoms with Crippen LogP contribution in [0.15, 0.2) is 41.5 Å². The van der Waals surface area contributed by atoms with Crippen molar-refractivity contribution in [1.82, 2.24) is 24.5 Å². The monoisotopic (exact) mass is 410 g/mol. The summed E-state index contributed by atoms with van der Waals surface area (Å²) in [6, 6.07) is 7.48. The lowest BCUT2D eigenvalue weighted by Gasteiger charge is -2.20. The topological polar surface area (TPSA) is 93.8 Å². The summed E-state index contributed by atoms with van der Waals surface area (Å²) in [6.45, 7) is 1.95. The van der Waals surface area contributed by atoms with Crippen molar-refractivity contribution >= 4 is 17.4 Å². The Labute approximate surface area is 174 Å². The van der Waals surface area contributed by atoms with Crippen molar-refractivity contribution in [2.75, 3.05) is 25.1 Å². The summed E-state index contributed by atoms with van der Waals surface area (Å²) in [4.78, 5) is 31.9. The van der Waals surface area contributed by atoms with Crippen molar-refractivity contribution in [2.45, 2.75) is 38.8 Å². The molecule has 1 N–H and O–H groups in total. The molecule has 2 aromatic heterocycles. The van der Waals surface area contributed by atoms with Crippen LogP contribution in [0.4, 0.5) is 5.82 Å². The van der Waals surface area contributed by atoms with Gasteiger partial charge < -0.3 is 15.0 Å². The first-order valence-electron chi connectivity index (χ1n) is 10.2. The first kappa shape index (κ1) is 19.9. The third-order valence-electron chi connectivity index (χ3n) is 5.35. The minimum atomic E-state index is -0.351. The Hall–Kier alpha value is -3.36. The fourth-order valence-corrected chi connectivity index (χ4v) is 3.78. The van der Waals surface area contributed by atoms with Gasteiger partial charge in [0.2, 0.25) is 11.6 Å². The number of carbonyl (C=O) groups excluding carboxylic acids is 1. The molecule has 0 atom stereocenters. The molecule has 158 valence electrons. The van der Waals surface area contributed by atoms with Crippen molar-refractivity contribution in [3.63, 3.8) is 0 Å². The third kappa shape index (κ3) is 4.14. The largest absolute Gasteiger partial charge is 0.496 e. The number of hydrogen-bond acceptors (Lipinski definition) is 6. The molecule has 1 saturated heterocycles. The number of benzene rings is 1. The number of fused-ring (bicyclic) bond motifs is 1. The molecular weight excluding hydrogens is 384 g/mol. The molecule has 1 aliphatic rings. The van der Waals surface area contributed by atoms with Gasteiger partial charge in [-0.05, 0) is 18.9 Å². The van der Waals surface area contributed by atoms with Crippen LogP contribution in [0.5, 0.6) is 5.75 Å². The number of nitrogens with one attached hydrogen (secondary N) is 1. The Balaban J connectivity index is 1.51. The standard InChI is InChI=1S/C21H26N6O3/c1-30-17-9-5-4-8-16(17)14-23-18(28)15-27-21(29)26-13-10-22-19(20(26)24-27)25-11-6-2-3-7-12-25/h4-5,8-10,13H,2-3,6-7,11-12,14-15H2,1H3,(H,23,28). The molecule has 0 radical (unpaired) electrons. The van der Waals surface area contributed by atoms with Crippen LogP contribution in [0.1, 0.15) is 31.2 Å². The number of aromatic nitrogens is 4. The maximum Gasteiger partial charge on any atom is 0.350 e. The molecule has 4 rings (SSSR count). The van der Waals surface area contributed by atoms with Gasteiger partial charge in [-0.3, -0.25) is 4.79 Å². The van der Waals surface area contributed by atoms with Gasteiger partial charge >= 0.3 is 5.69 Å². The van der Waals surface area contributed by atoms with Gasteiger partial charge in [-0.15, -0.1) is 5.10 Å². The van der Waals surface area contributed by atoms with Crippen LogP contribution >= 0.6 is 0 Å².